The molecule has 1 aromatic carbocycles. The van der Waals surface area contributed by atoms with Crippen LogP contribution in [0.3, 0.4) is 0 Å². The Kier molecular flexibility index (Phi) is 4.46. The molecule has 1 aliphatic rings. The highest BCUT2D eigenvalue weighted by atomic mass is 19.1. The summed E-state index contributed by atoms with van der Waals surface area (Å²) >= 11 is 0. The van der Waals surface area contributed by atoms with Crippen molar-refractivity contribution in [2.24, 2.45) is 11.7 Å². The first-order valence-corrected chi connectivity index (χ1v) is 7.32. The van der Waals surface area contributed by atoms with E-state index in [4.69, 9.17) is 5.73 Å². The van der Waals surface area contributed by atoms with Crippen molar-refractivity contribution in [1.82, 2.24) is 0 Å². The lowest BCUT2D eigenvalue weighted by atomic mass is 9.76. The summed E-state index contributed by atoms with van der Waals surface area (Å²) < 4.78 is 13.0. The van der Waals surface area contributed by atoms with Crippen molar-refractivity contribution in [3.05, 3.63) is 30.1 Å². The topological polar surface area (TPSA) is 29.3 Å². The number of benzene rings is 1. The fraction of sp³-hybridized carbons (Fsp3) is 0.625. The van der Waals surface area contributed by atoms with E-state index in [0.717, 1.165) is 31.6 Å². The zero-order valence-electron chi connectivity index (χ0n) is 12.0. The first kappa shape index (κ1) is 14.3. The zero-order valence-corrected chi connectivity index (χ0v) is 12.0. The molecule has 2 rings (SSSR count). The van der Waals surface area contributed by atoms with Crippen LogP contribution in [0.2, 0.25) is 0 Å². The smallest absolute Gasteiger partial charge is 0.123 e. The SMILES string of the molecule is CCN(CC1(N)CCCC(C)C1)c1ccc(F)cc1. The molecule has 0 saturated heterocycles. The number of nitrogens with zero attached hydrogens (tertiary/aromatic N) is 1. The maximum absolute atomic E-state index is 13.0. The molecule has 106 valence electrons. The molecule has 0 radical (unpaired) electrons. The van der Waals surface area contributed by atoms with Crippen LogP contribution in [0.4, 0.5) is 10.1 Å². The van der Waals surface area contributed by atoms with Crippen LogP contribution in [-0.2, 0) is 0 Å². The molecule has 1 fully saturated rings. The summed E-state index contributed by atoms with van der Waals surface area (Å²) in [7, 11) is 0. The molecule has 0 spiro atoms. The first-order valence-electron chi connectivity index (χ1n) is 7.32. The van der Waals surface area contributed by atoms with Crippen LogP contribution in [0.1, 0.15) is 39.5 Å². The van der Waals surface area contributed by atoms with Crippen molar-refractivity contribution < 1.29 is 4.39 Å². The molecule has 1 aromatic rings. The van der Waals surface area contributed by atoms with Crippen LogP contribution >= 0.6 is 0 Å². The van der Waals surface area contributed by atoms with Crippen LogP contribution in [0, 0.1) is 11.7 Å². The summed E-state index contributed by atoms with van der Waals surface area (Å²) in [5.41, 5.74) is 7.54. The van der Waals surface area contributed by atoms with Gasteiger partial charge in [0.05, 0.1) is 0 Å². The number of nitrogens with two attached hydrogens (primary N) is 1. The van der Waals surface area contributed by atoms with E-state index in [2.05, 4.69) is 18.7 Å². The summed E-state index contributed by atoms with van der Waals surface area (Å²) in [5.74, 6) is 0.527. The van der Waals surface area contributed by atoms with E-state index >= 15 is 0 Å². The van der Waals surface area contributed by atoms with Gasteiger partial charge in [-0.3, -0.25) is 0 Å². The normalized spacial score (nSPS) is 27.3. The number of rotatable bonds is 4. The monoisotopic (exact) mass is 264 g/mol. The highest BCUT2D eigenvalue weighted by molar-refractivity contribution is 5.46. The van der Waals surface area contributed by atoms with Crippen molar-refractivity contribution in [3.63, 3.8) is 0 Å². The molecule has 1 aliphatic carbocycles. The maximum atomic E-state index is 13.0. The van der Waals surface area contributed by atoms with Gasteiger partial charge in [0.15, 0.2) is 0 Å². The van der Waals surface area contributed by atoms with Crippen LogP contribution in [-0.4, -0.2) is 18.6 Å². The summed E-state index contributed by atoms with van der Waals surface area (Å²) in [5, 5.41) is 0. The van der Waals surface area contributed by atoms with Gasteiger partial charge in [0.2, 0.25) is 0 Å². The van der Waals surface area contributed by atoms with E-state index in [9.17, 15) is 4.39 Å². The Bertz CT molecular complexity index is 404. The molecular weight excluding hydrogens is 239 g/mol. The average molecular weight is 264 g/mol. The van der Waals surface area contributed by atoms with Crippen LogP contribution < -0.4 is 10.6 Å². The van der Waals surface area contributed by atoms with Gasteiger partial charge in [0.1, 0.15) is 5.82 Å². The lowest BCUT2D eigenvalue weighted by Gasteiger charge is -2.41. The number of hydrogen-bond donors (Lipinski definition) is 1. The van der Waals surface area contributed by atoms with Gasteiger partial charge < -0.3 is 10.6 Å². The van der Waals surface area contributed by atoms with Gasteiger partial charge in [-0.15, -0.1) is 0 Å². The Labute approximate surface area is 115 Å². The van der Waals surface area contributed by atoms with Gasteiger partial charge in [0.25, 0.3) is 0 Å². The second kappa shape index (κ2) is 5.91. The third-order valence-electron chi connectivity index (χ3n) is 4.21. The Morgan fingerprint density at radius 2 is 2.05 bits per heavy atom. The van der Waals surface area contributed by atoms with E-state index in [-0.39, 0.29) is 11.4 Å². The summed E-state index contributed by atoms with van der Waals surface area (Å²) in [6, 6.07) is 6.72. The fourth-order valence-corrected chi connectivity index (χ4v) is 3.26. The first-order chi connectivity index (χ1) is 9.02. The summed E-state index contributed by atoms with van der Waals surface area (Å²) in [4.78, 5) is 2.26. The van der Waals surface area contributed by atoms with Crippen molar-refractivity contribution in [2.75, 3.05) is 18.0 Å². The number of likely N-dealkylation sites (N-methyl/N-ethyl adjacent to an activating group) is 1. The molecule has 2 N–H and O–H groups in total. The van der Waals surface area contributed by atoms with Crippen molar-refractivity contribution >= 4 is 5.69 Å². The molecule has 2 atom stereocenters. The van der Waals surface area contributed by atoms with Crippen LogP contribution in [0.25, 0.3) is 0 Å². The Morgan fingerprint density at radius 1 is 1.37 bits per heavy atom. The van der Waals surface area contributed by atoms with Gasteiger partial charge in [-0.1, -0.05) is 19.8 Å². The molecule has 2 nitrogen and oxygen atoms in total. The number of hydrogen-bond acceptors (Lipinski definition) is 2. The molecule has 0 bridgehead atoms. The van der Waals surface area contributed by atoms with Gasteiger partial charge >= 0.3 is 0 Å². The molecule has 19 heavy (non-hydrogen) atoms. The zero-order chi connectivity index (χ0) is 13.9. The highest BCUT2D eigenvalue weighted by Crippen LogP contribution is 2.32. The predicted molar refractivity (Wildman–Crippen MR) is 78.8 cm³/mol. The Hall–Kier alpha value is -1.09. The maximum Gasteiger partial charge on any atom is 0.123 e. The molecule has 0 aromatic heterocycles. The van der Waals surface area contributed by atoms with Crippen molar-refractivity contribution in [1.29, 1.82) is 0 Å². The van der Waals surface area contributed by atoms with Gasteiger partial charge in [-0.2, -0.15) is 0 Å². The third-order valence-corrected chi connectivity index (χ3v) is 4.21. The largest absolute Gasteiger partial charge is 0.370 e. The fourth-order valence-electron chi connectivity index (χ4n) is 3.26. The van der Waals surface area contributed by atoms with Gasteiger partial charge in [-0.05, 0) is 49.9 Å². The van der Waals surface area contributed by atoms with Crippen LogP contribution in [0.5, 0.6) is 0 Å². The molecule has 1 saturated carbocycles. The molecular formula is C16H25FN2. The second-order valence-corrected chi connectivity index (χ2v) is 6.05. The van der Waals surface area contributed by atoms with Crippen LogP contribution in [0.15, 0.2) is 24.3 Å². The van der Waals surface area contributed by atoms with E-state index in [1.165, 1.54) is 25.0 Å². The van der Waals surface area contributed by atoms with Gasteiger partial charge in [-0.25, -0.2) is 4.39 Å². The minimum atomic E-state index is -0.187. The molecule has 0 aliphatic heterocycles. The van der Waals surface area contributed by atoms with Crippen molar-refractivity contribution in [2.45, 2.75) is 45.1 Å². The lowest BCUT2D eigenvalue weighted by Crippen LogP contribution is -2.53. The molecule has 0 heterocycles. The number of halogens is 1. The van der Waals surface area contributed by atoms with E-state index in [1.54, 1.807) is 0 Å². The Morgan fingerprint density at radius 3 is 2.63 bits per heavy atom. The summed E-state index contributed by atoms with van der Waals surface area (Å²) in [6.07, 6.45) is 4.69. The van der Waals surface area contributed by atoms with Crippen molar-refractivity contribution in [3.8, 4) is 0 Å². The van der Waals surface area contributed by atoms with Gasteiger partial charge in [0, 0.05) is 24.3 Å². The average Bonchev–Trinajstić information content (AvgIpc) is 2.37. The molecule has 0 amide bonds. The standard InChI is InChI=1S/C16H25FN2/c1-3-19(15-8-6-14(17)7-9-15)12-16(18)10-4-5-13(2)11-16/h6-9,13H,3-5,10-12,18H2,1-2H3. The lowest BCUT2D eigenvalue weighted by molar-refractivity contribution is 0.239. The highest BCUT2D eigenvalue weighted by Gasteiger charge is 2.32. The van der Waals surface area contributed by atoms with E-state index in [0.29, 0.717) is 5.92 Å². The molecule has 2 unspecified atom stereocenters. The third kappa shape index (κ3) is 3.69. The minimum absolute atomic E-state index is 0.0952. The minimum Gasteiger partial charge on any atom is -0.370 e. The Balaban J connectivity index is 2.08. The van der Waals surface area contributed by atoms with E-state index in [1.807, 2.05) is 12.1 Å². The number of anilines is 1. The second-order valence-electron chi connectivity index (χ2n) is 6.05. The van der Waals surface area contributed by atoms with E-state index < -0.39 is 0 Å². The predicted octanol–water partition coefficient (Wildman–Crippen LogP) is 3.56. The quantitative estimate of drug-likeness (QED) is 0.901. The summed E-state index contributed by atoms with van der Waals surface area (Å²) in [6.45, 7) is 6.17. The molecule has 3 heteroatoms.